The molecule has 6 heteroatoms. The second-order valence-corrected chi connectivity index (χ2v) is 8.86. The Morgan fingerprint density at radius 2 is 2.00 bits per heavy atom. The van der Waals surface area contributed by atoms with Gasteiger partial charge in [-0.2, -0.15) is 0 Å². The molecule has 1 aliphatic carbocycles. The number of carbonyl (C=O) groups excluding carboxylic acids is 2. The Morgan fingerprint density at radius 3 is 2.75 bits per heavy atom. The number of rotatable bonds is 3. The monoisotopic (exact) mass is 385 g/mol. The van der Waals surface area contributed by atoms with Crippen molar-refractivity contribution in [1.82, 2.24) is 14.7 Å². The molecular weight excluding hydrogens is 354 g/mol. The van der Waals surface area contributed by atoms with Gasteiger partial charge in [0.15, 0.2) is 0 Å². The normalized spacial score (nSPS) is 26.6. The molecule has 4 rings (SSSR count). The minimum Gasteiger partial charge on any atom is -0.508 e. The first-order chi connectivity index (χ1) is 13.4. The summed E-state index contributed by atoms with van der Waals surface area (Å²) in [7, 11) is 2.13. The van der Waals surface area contributed by atoms with E-state index in [1.54, 1.807) is 25.1 Å². The molecule has 3 aliphatic rings. The molecule has 2 aliphatic heterocycles. The molecule has 1 saturated carbocycles. The van der Waals surface area contributed by atoms with Crippen molar-refractivity contribution < 1.29 is 14.7 Å². The van der Waals surface area contributed by atoms with Crippen LogP contribution in [0.2, 0.25) is 0 Å². The summed E-state index contributed by atoms with van der Waals surface area (Å²) in [6, 6.07) is 5.13. The zero-order chi connectivity index (χ0) is 19.9. The lowest BCUT2D eigenvalue weighted by Gasteiger charge is -2.49. The van der Waals surface area contributed by atoms with E-state index in [-0.39, 0.29) is 23.1 Å². The van der Waals surface area contributed by atoms with E-state index in [1.807, 2.05) is 4.90 Å². The van der Waals surface area contributed by atoms with Crippen molar-refractivity contribution >= 4 is 11.8 Å². The first kappa shape index (κ1) is 19.2. The molecule has 0 bridgehead atoms. The van der Waals surface area contributed by atoms with E-state index >= 15 is 0 Å². The van der Waals surface area contributed by atoms with Crippen molar-refractivity contribution in [2.45, 2.75) is 44.6 Å². The number of amides is 2. The highest BCUT2D eigenvalue weighted by atomic mass is 16.3. The molecule has 1 aromatic carbocycles. The zero-order valence-corrected chi connectivity index (χ0v) is 17.0. The predicted octanol–water partition coefficient (Wildman–Crippen LogP) is 2.25. The summed E-state index contributed by atoms with van der Waals surface area (Å²) in [6.07, 6.45) is 4.77. The average molecular weight is 386 g/mol. The first-order valence-electron chi connectivity index (χ1n) is 10.5. The molecule has 1 N–H and O–H groups in total. The summed E-state index contributed by atoms with van der Waals surface area (Å²) in [5, 5.41) is 9.98. The highest BCUT2D eigenvalue weighted by molar-refractivity contribution is 5.96. The van der Waals surface area contributed by atoms with Gasteiger partial charge in [0, 0.05) is 55.8 Å². The molecule has 1 spiro atoms. The Morgan fingerprint density at radius 1 is 1.21 bits per heavy atom. The number of hydrogen-bond acceptors (Lipinski definition) is 4. The number of hydrogen-bond donors (Lipinski definition) is 1. The molecule has 6 nitrogen and oxygen atoms in total. The summed E-state index contributed by atoms with van der Waals surface area (Å²) in [5.41, 5.74) is 1.05. The van der Waals surface area contributed by atoms with Crippen molar-refractivity contribution in [3.63, 3.8) is 0 Å². The molecule has 0 radical (unpaired) electrons. The number of carbonyl (C=O) groups is 2. The fourth-order valence-corrected chi connectivity index (χ4v) is 4.70. The minimum absolute atomic E-state index is 0.0220. The number of likely N-dealkylation sites (tertiary alicyclic amines) is 1. The number of benzene rings is 1. The molecule has 2 amide bonds. The summed E-state index contributed by atoms with van der Waals surface area (Å²) in [5.74, 6) is 1.11. The number of phenols is 1. The van der Waals surface area contributed by atoms with Gasteiger partial charge in [-0.25, -0.2) is 0 Å². The smallest absolute Gasteiger partial charge is 0.254 e. The summed E-state index contributed by atoms with van der Waals surface area (Å²) >= 11 is 0. The van der Waals surface area contributed by atoms with Crippen molar-refractivity contribution in [1.29, 1.82) is 0 Å². The van der Waals surface area contributed by atoms with Crippen LogP contribution in [0.4, 0.5) is 0 Å². The molecule has 3 fully saturated rings. The van der Waals surface area contributed by atoms with Gasteiger partial charge in [-0.3, -0.25) is 14.5 Å². The SMILES string of the molecule is Cc1c(O)cccc1C(=O)N1CCN(C)C2(CCC(=O)N(CC3CC3)CC2)C1. The van der Waals surface area contributed by atoms with Gasteiger partial charge in [0.25, 0.3) is 5.91 Å². The molecular formula is C22H31N3O3. The van der Waals surface area contributed by atoms with Gasteiger partial charge >= 0.3 is 0 Å². The van der Waals surface area contributed by atoms with Crippen LogP contribution >= 0.6 is 0 Å². The van der Waals surface area contributed by atoms with Crippen LogP contribution in [0.3, 0.4) is 0 Å². The Kier molecular flexibility index (Phi) is 5.08. The lowest BCUT2D eigenvalue weighted by molar-refractivity contribution is -0.130. The fraction of sp³-hybridized carbons (Fsp3) is 0.636. The highest BCUT2D eigenvalue weighted by Crippen LogP contribution is 2.35. The molecule has 1 atom stereocenters. The first-order valence-corrected chi connectivity index (χ1v) is 10.5. The molecule has 1 unspecified atom stereocenters. The van der Waals surface area contributed by atoms with Gasteiger partial charge in [0.1, 0.15) is 5.75 Å². The van der Waals surface area contributed by atoms with Crippen LogP contribution in [0.15, 0.2) is 18.2 Å². The van der Waals surface area contributed by atoms with Gasteiger partial charge in [-0.1, -0.05) is 6.07 Å². The average Bonchev–Trinajstić information content (AvgIpc) is 3.51. The Labute approximate surface area is 167 Å². The third kappa shape index (κ3) is 3.62. The topological polar surface area (TPSA) is 64.1 Å². The molecule has 1 aromatic rings. The van der Waals surface area contributed by atoms with Crippen LogP contribution in [0.5, 0.6) is 5.75 Å². The van der Waals surface area contributed by atoms with Crippen molar-refractivity contribution in [2.24, 2.45) is 5.92 Å². The summed E-state index contributed by atoms with van der Waals surface area (Å²) in [4.78, 5) is 32.2. The Balaban J connectivity index is 1.51. The van der Waals surface area contributed by atoms with Gasteiger partial charge < -0.3 is 14.9 Å². The van der Waals surface area contributed by atoms with E-state index < -0.39 is 0 Å². The van der Waals surface area contributed by atoms with Gasteiger partial charge in [0.05, 0.1) is 0 Å². The predicted molar refractivity (Wildman–Crippen MR) is 107 cm³/mol. The van der Waals surface area contributed by atoms with Crippen molar-refractivity contribution in [2.75, 3.05) is 39.8 Å². The van der Waals surface area contributed by atoms with E-state index in [0.29, 0.717) is 36.6 Å². The maximum Gasteiger partial charge on any atom is 0.254 e. The van der Waals surface area contributed by atoms with Crippen LogP contribution < -0.4 is 0 Å². The third-order valence-electron chi connectivity index (χ3n) is 7.00. The fourth-order valence-electron chi connectivity index (χ4n) is 4.70. The van der Waals surface area contributed by atoms with Gasteiger partial charge in [-0.15, -0.1) is 0 Å². The van der Waals surface area contributed by atoms with E-state index in [9.17, 15) is 14.7 Å². The van der Waals surface area contributed by atoms with E-state index in [2.05, 4.69) is 16.8 Å². The number of piperazine rings is 1. The van der Waals surface area contributed by atoms with Gasteiger partial charge in [0.2, 0.25) is 5.91 Å². The van der Waals surface area contributed by atoms with E-state index in [1.165, 1.54) is 12.8 Å². The van der Waals surface area contributed by atoms with E-state index in [4.69, 9.17) is 0 Å². The van der Waals surface area contributed by atoms with Gasteiger partial charge in [-0.05, 0) is 57.7 Å². The second-order valence-electron chi connectivity index (χ2n) is 8.86. The molecule has 28 heavy (non-hydrogen) atoms. The number of aromatic hydroxyl groups is 1. The second kappa shape index (κ2) is 7.39. The summed E-state index contributed by atoms with van der Waals surface area (Å²) < 4.78 is 0. The minimum atomic E-state index is -0.146. The maximum absolute atomic E-state index is 13.2. The van der Waals surface area contributed by atoms with Crippen molar-refractivity contribution in [3.8, 4) is 5.75 Å². The van der Waals surface area contributed by atoms with Crippen LogP contribution in [-0.4, -0.2) is 76.9 Å². The molecule has 152 valence electrons. The lowest BCUT2D eigenvalue weighted by Crippen LogP contribution is -2.62. The molecule has 2 heterocycles. The van der Waals surface area contributed by atoms with Crippen LogP contribution in [0.1, 0.15) is 48.0 Å². The standard InChI is InChI=1S/C22H31N3O3/c1-16-18(4-3-5-19(16)26)21(28)25-13-12-23(2)22(15-25)9-8-20(27)24(11-10-22)14-17-6-7-17/h3-5,17,26H,6-15H2,1-2H3. The molecule has 2 saturated heterocycles. The van der Waals surface area contributed by atoms with Crippen LogP contribution in [0, 0.1) is 12.8 Å². The quantitative estimate of drug-likeness (QED) is 0.867. The molecule has 0 aromatic heterocycles. The largest absolute Gasteiger partial charge is 0.508 e. The third-order valence-corrected chi connectivity index (χ3v) is 7.00. The maximum atomic E-state index is 13.2. The Bertz CT molecular complexity index is 776. The van der Waals surface area contributed by atoms with E-state index in [0.717, 1.165) is 32.5 Å². The number of phenolic OH excluding ortho intramolecular Hbond substituents is 1. The van der Waals surface area contributed by atoms with Crippen LogP contribution in [0.25, 0.3) is 0 Å². The number of nitrogens with zero attached hydrogens (tertiary/aromatic N) is 3. The number of likely N-dealkylation sites (N-methyl/N-ethyl adjacent to an activating group) is 1. The van der Waals surface area contributed by atoms with Crippen molar-refractivity contribution in [3.05, 3.63) is 29.3 Å². The lowest BCUT2D eigenvalue weighted by atomic mass is 9.86. The highest BCUT2D eigenvalue weighted by Gasteiger charge is 2.44. The Hall–Kier alpha value is -2.08. The zero-order valence-electron chi connectivity index (χ0n) is 17.0. The van der Waals surface area contributed by atoms with Crippen LogP contribution in [-0.2, 0) is 4.79 Å². The summed E-state index contributed by atoms with van der Waals surface area (Å²) in [6.45, 7) is 5.60.